The molecule has 0 spiro atoms. The number of hydrogen-bond acceptors (Lipinski definition) is 2. The Morgan fingerprint density at radius 3 is 2.23 bits per heavy atom. The number of carbonyl (C=O) groups excluding carboxylic acids is 1. The summed E-state index contributed by atoms with van der Waals surface area (Å²) in [6, 6.07) is 8.08. The van der Waals surface area contributed by atoms with Gasteiger partial charge in [0.2, 0.25) is 5.91 Å². The van der Waals surface area contributed by atoms with Gasteiger partial charge in [0.1, 0.15) is 0 Å². The Bertz CT molecular complexity index is 431. The molecule has 0 bridgehead atoms. The molecule has 1 aliphatic rings. The van der Waals surface area contributed by atoms with E-state index in [0.717, 1.165) is 30.7 Å². The van der Waals surface area contributed by atoms with E-state index in [1.165, 1.54) is 18.4 Å². The Kier molecular flexibility index (Phi) is 8.18. The Morgan fingerprint density at radius 1 is 1.23 bits per heavy atom. The number of aliphatic hydroxyl groups excluding tert-OH is 1. The highest BCUT2D eigenvalue weighted by Crippen LogP contribution is 2.22. The van der Waals surface area contributed by atoms with Crippen LogP contribution < -0.4 is 5.73 Å². The van der Waals surface area contributed by atoms with E-state index in [1.54, 1.807) is 0 Å². The molecule has 1 fully saturated rings. The Hall–Kier alpha value is -1.35. The minimum absolute atomic E-state index is 0.0127. The molecule has 0 aromatic heterocycles. The summed E-state index contributed by atoms with van der Waals surface area (Å²) in [4.78, 5) is 10.7. The van der Waals surface area contributed by atoms with Crippen LogP contribution >= 0.6 is 0 Å². The third kappa shape index (κ3) is 8.18. The van der Waals surface area contributed by atoms with Gasteiger partial charge >= 0.3 is 0 Å². The van der Waals surface area contributed by atoms with E-state index in [1.807, 2.05) is 12.1 Å². The van der Waals surface area contributed by atoms with Crippen LogP contribution in [0.4, 0.5) is 0 Å². The van der Waals surface area contributed by atoms with Crippen molar-refractivity contribution in [3.63, 3.8) is 0 Å². The highest BCUT2D eigenvalue weighted by molar-refractivity contribution is 5.76. The fourth-order valence-electron chi connectivity index (χ4n) is 2.87. The summed E-state index contributed by atoms with van der Waals surface area (Å²) in [6.07, 6.45) is 6.03. The molecule has 3 N–H and O–H groups in total. The van der Waals surface area contributed by atoms with Gasteiger partial charge < -0.3 is 10.8 Å². The third-order valence-corrected chi connectivity index (χ3v) is 3.95. The zero-order chi connectivity index (χ0) is 16.5. The van der Waals surface area contributed by atoms with E-state index in [-0.39, 0.29) is 12.0 Å². The average Bonchev–Trinajstić information content (AvgIpc) is 2.40. The van der Waals surface area contributed by atoms with Crippen molar-refractivity contribution in [3.8, 4) is 0 Å². The van der Waals surface area contributed by atoms with Crippen molar-refractivity contribution in [2.45, 2.75) is 65.4 Å². The number of primary amides is 1. The van der Waals surface area contributed by atoms with Crippen molar-refractivity contribution in [3.05, 3.63) is 35.4 Å². The van der Waals surface area contributed by atoms with Crippen molar-refractivity contribution >= 4 is 5.91 Å². The van der Waals surface area contributed by atoms with Crippen molar-refractivity contribution < 1.29 is 9.90 Å². The number of amides is 1. The minimum atomic E-state index is -0.276. The van der Waals surface area contributed by atoms with Crippen LogP contribution in [0.3, 0.4) is 0 Å². The highest BCUT2D eigenvalue weighted by atomic mass is 16.3. The smallest absolute Gasteiger partial charge is 0.221 e. The van der Waals surface area contributed by atoms with Gasteiger partial charge in [-0.2, -0.15) is 0 Å². The van der Waals surface area contributed by atoms with Crippen molar-refractivity contribution in [1.82, 2.24) is 0 Å². The van der Waals surface area contributed by atoms with Crippen LogP contribution in [-0.4, -0.2) is 17.1 Å². The molecule has 0 heterocycles. The lowest BCUT2D eigenvalue weighted by molar-refractivity contribution is -0.117. The first-order valence-electron chi connectivity index (χ1n) is 8.41. The fraction of sp³-hybridized carbons (Fsp3) is 0.632. The topological polar surface area (TPSA) is 63.3 Å². The Morgan fingerprint density at radius 2 is 1.82 bits per heavy atom. The molecule has 1 aromatic carbocycles. The molecule has 2 rings (SSSR count). The van der Waals surface area contributed by atoms with E-state index in [2.05, 4.69) is 32.9 Å². The Balaban J connectivity index is 0.000000255. The maximum atomic E-state index is 10.7. The SMILES string of the molecule is CC(C)Cc1ccc(CC(N)=O)cc1.CC1CCCC(O)C1. The molecule has 1 aromatic rings. The zero-order valence-corrected chi connectivity index (χ0v) is 14.2. The molecule has 124 valence electrons. The molecular formula is C19H31NO2. The minimum Gasteiger partial charge on any atom is -0.393 e. The lowest BCUT2D eigenvalue weighted by Gasteiger charge is -2.21. The van der Waals surface area contributed by atoms with Gasteiger partial charge in [-0.15, -0.1) is 0 Å². The molecule has 1 amide bonds. The van der Waals surface area contributed by atoms with Crippen LogP contribution in [0, 0.1) is 11.8 Å². The van der Waals surface area contributed by atoms with Crippen molar-refractivity contribution in [2.24, 2.45) is 17.6 Å². The van der Waals surface area contributed by atoms with Crippen LogP contribution in [0.5, 0.6) is 0 Å². The summed E-state index contributed by atoms with van der Waals surface area (Å²) in [5.74, 6) is 1.15. The van der Waals surface area contributed by atoms with E-state index in [4.69, 9.17) is 10.8 Å². The number of rotatable bonds is 4. The number of benzene rings is 1. The summed E-state index contributed by atoms with van der Waals surface area (Å²) in [6.45, 7) is 6.59. The average molecular weight is 305 g/mol. The lowest BCUT2D eigenvalue weighted by Crippen LogP contribution is -2.16. The second-order valence-corrected chi connectivity index (χ2v) is 6.98. The summed E-state index contributed by atoms with van der Waals surface area (Å²) < 4.78 is 0. The van der Waals surface area contributed by atoms with Gasteiger partial charge in [0.05, 0.1) is 12.5 Å². The lowest BCUT2D eigenvalue weighted by atomic mass is 9.89. The maximum absolute atomic E-state index is 10.7. The van der Waals surface area contributed by atoms with Gasteiger partial charge in [-0.3, -0.25) is 4.79 Å². The van der Waals surface area contributed by atoms with Gasteiger partial charge in [0, 0.05) is 0 Å². The normalized spacial score (nSPS) is 21.1. The molecule has 3 nitrogen and oxygen atoms in total. The highest BCUT2D eigenvalue weighted by Gasteiger charge is 2.15. The van der Waals surface area contributed by atoms with Crippen LogP contribution in [0.15, 0.2) is 24.3 Å². The van der Waals surface area contributed by atoms with Crippen LogP contribution in [-0.2, 0) is 17.6 Å². The largest absolute Gasteiger partial charge is 0.393 e. The summed E-state index contributed by atoms with van der Waals surface area (Å²) >= 11 is 0. The number of nitrogens with two attached hydrogens (primary N) is 1. The first-order valence-corrected chi connectivity index (χ1v) is 8.41. The first kappa shape index (κ1) is 18.7. The van der Waals surface area contributed by atoms with E-state index >= 15 is 0 Å². The molecule has 3 heteroatoms. The van der Waals surface area contributed by atoms with Crippen LogP contribution in [0.25, 0.3) is 0 Å². The summed E-state index contributed by atoms with van der Waals surface area (Å²) in [7, 11) is 0. The Labute approximate surface area is 134 Å². The standard InChI is InChI=1S/C12H17NO.C7H14O/c1-9(2)7-10-3-5-11(6-4-10)8-12(13)14;1-6-3-2-4-7(8)5-6/h3-6,9H,7-8H2,1-2H3,(H2,13,14);6-8H,2-5H2,1H3. The molecular weight excluding hydrogens is 274 g/mol. The molecule has 0 saturated heterocycles. The number of carbonyl (C=O) groups is 1. The summed E-state index contributed by atoms with van der Waals surface area (Å²) in [5, 5.41) is 9.08. The predicted molar refractivity (Wildman–Crippen MR) is 91.5 cm³/mol. The maximum Gasteiger partial charge on any atom is 0.221 e. The third-order valence-electron chi connectivity index (χ3n) is 3.95. The van der Waals surface area contributed by atoms with Crippen molar-refractivity contribution in [1.29, 1.82) is 0 Å². The monoisotopic (exact) mass is 305 g/mol. The van der Waals surface area contributed by atoms with E-state index in [0.29, 0.717) is 12.3 Å². The quantitative estimate of drug-likeness (QED) is 0.894. The van der Waals surface area contributed by atoms with E-state index < -0.39 is 0 Å². The molecule has 2 unspecified atom stereocenters. The second kappa shape index (κ2) is 9.62. The molecule has 0 aliphatic heterocycles. The van der Waals surface area contributed by atoms with Crippen LogP contribution in [0.1, 0.15) is 57.6 Å². The van der Waals surface area contributed by atoms with Gasteiger partial charge in [-0.1, -0.05) is 57.9 Å². The van der Waals surface area contributed by atoms with Gasteiger partial charge in [-0.25, -0.2) is 0 Å². The first-order chi connectivity index (χ1) is 10.4. The van der Waals surface area contributed by atoms with Gasteiger partial charge in [0.25, 0.3) is 0 Å². The predicted octanol–water partition coefficient (Wildman–Crippen LogP) is 3.47. The summed E-state index contributed by atoms with van der Waals surface area (Å²) in [5.41, 5.74) is 7.41. The van der Waals surface area contributed by atoms with Gasteiger partial charge in [-0.05, 0) is 42.2 Å². The fourth-order valence-corrected chi connectivity index (χ4v) is 2.87. The van der Waals surface area contributed by atoms with Gasteiger partial charge in [0.15, 0.2) is 0 Å². The molecule has 2 atom stereocenters. The van der Waals surface area contributed by atoms with Crippen molar-refractivity contribution in [2.75, 3.05) is 0 Å². The van der Waals surface area contributed by atoms with E-state index in [9.17, 15) is 4.79 Å². The zero-order valence-electron chi connectivity index (χ0n) is 14.2. The number of aliphatic hydroxyl groups is 1. The van der Waals surface area contributed by atoms with Crippen LogP contribution in [0.2, 0.25) is 0 Å². The molecule has 1 saturated carbocycles. The molecule has 0 radical (unpaired) electrons. The number of hydrogen-bond donors (Lipinski definition) is 2. The molecule has 22 heavy (non-hydrogen) atoms. The second-order valence-electron chi connectivity index (χ2n) is 6.98. The molecule has 1 aliphatic carbocycles.